The lowest BCUT2D eigenvalue weighted by Gasteiger charge is -2.55. The van der Waals surface area contributed by atoms with Crippen LogP contribution >= 0.6 is 0 Å². The Labute approximate surface area is 109 Å². The average Bonchev–Trinajstić information content (AvgIpc) is 2.52. The fourth-order valence-corrected chi connectivity index (χ4v) is 4.96. The van der Waals surface area contributed by atoms with E-state index in [9.17, 15) is 9.90 Å². The van der Waals surface area contributed by atoms with E-state index in [4.69, 9.17) is 4.74 Å². The first-order chi connectivity index (χ1) is 8.35. The molecule has 3 heteroatoms. The molecular formula is C15H24O3. The highest BCUT2D eigenvalue weighted by molar-refractivity contribution is 5.75. The van der Waals surface area contributed by atoms with Crippen LogP contribution in [0.2, 0.25) is 0 Å². The summed E-state index contributed by atoms with van der Waals surface area (Å²) >= 11 is 0. The van der Waals surface area contributed by atoms with Crippen LogP contribution in [0.1, 0.15) is 52.9 Å². The molecule has 1 saturated heterocycles. The molecule has 102 valence electrons. The molecule has 1 aliphatic heterocycles. The van der Waals surface area contributed by atoms with Crippen molar-refractivity contribution in [1.82, 2.24) is 0 Å². The second-order valence-electron chi connectivity index (χ2n) is 7.24. The molecule has 0 spiro atoms. The minimum Gasteiger partial charge on any atom is -0.461 e. The third kappa shape index (κ3) is 1.56. The second kappa shape index (κ2) is 3.72. The molecule has 2 aliphatic carbocycles. The van der Waals surface area contributed by atoms with Gasteiger partial charge in [-0.2, -0.15) is 0 Å². The normalized spacial score (nSPS) is 55.7. The smallest absolute Gasteiger partial charge is 0.309 e. The first-order valence-electron chi connectivity index (χ1n) is 7.28. The van der Waals surface area contributed by atoms with E-state index < -0.39 is 5.60 Å². The quantitative estimate of drug-likeness (QED) is 0.674. The molecule has 3 aliphatic rings. The Morgan fingerprint density at radius 1 is 1.28 bits per heavy atom. The first kappa shape index (κ1) is 12.5. The average molecular weight is 252 g/mol. The molecule has 18 heavy (non-hydrogen) atoms. The monoisotopic (exact) mass is 252 g/mol. The fraction of sp³-hybridized carbons (Fsp3) is 0.933. The van der Waals surface area contributed by atoms with Crippen LogP contribution in [0.5, 0.6) is 0 Å². The summed E-state index contributed by atoms with van der Waals surface area (Å²) in [5.74, 6) is 0.388. The van der Waals surface area contributed by atoms with Gasteiger partial charge in [-0.1, -0.05) is 20.3 Å². The van der Waals surface area contributed by atoms with Crippen LogP contribution in [0.25, 0.3) is 0 Å². The Hall–Kier alpha value is -0.570. The molecule has 1 N–H and O–H groups in total. The zero-order valence-electron chi connectivity index (χ0n) is 11.6. The first-order valence-corrected chi connectivity index (χ1v) is 7.28. The number of hydrogen-bond acceptors (Lipinski definition) is 3. The highest BCUT2D eigenvalue weighted by Gasteiger charge is 2.60. The van der Waals surface area contributed by atoms with E-state index in [0.717, 1.165) is 32.1 Å². The summed E-state index contributed by atoms with van der Waals surface area (Å²) < 4.78 is 5.65. The molecule has 1 unspecified atom stereocenters. The minimum atomic E-state index is -0.680. The van der Waals surface area contributed by atoms with Gasteiger partial charge in [-0.05, 0) is 38.0 Å². The van der Waals surface area contributed by atoms with Crippen LogP contribution in [0.15, 0.2) is 0 Å². The number of carbonyl (C=O) groups is 1. The van der Waals surface area contributed by atoms with Crippen molar-refractivity contribution in [3.05, 3.63) is 0 Å². The SMILES string of the molecule is C[C@@H]1C(=O)O[C@H]2C1CC[C@@]1(C)CCC[C@@](C)(O)[C@H]21. The van der Waals surface area contributed by atoms with Gasteiger partial charge < -0.3 is 9.84 Å². The third-order valence-corrected chi connectivity index (χ3v) is 5.92. The molecule has 3 nitrogen and oxygen atoms in total. The Bertz CT molecular complexity index is 376. The van der Waals surface area contributed by atoms with Gasteiger partial charge in [0, 0.05) is 11.8 Å². The van der Waals surface area contributed by atoms with Crippen LogP contribution in [0.3, 0.4) is 0 Å². The summed E-state index contributed by atoms with van der Waals surface area (Å²) in [5, 5.41) is 10.8. The predicted octanol–water partition coefficient (Wildman–Crippen LogP) is 2.52. The molecule has 2 saturated carbocycles. The Balaban J connectivity index is 1.98. The van der Waals surface area contributed by atoms with Crippen LogP contribution in [0.4, 0.5) is 0 Å². The van der Waals surface area contributed by atoms with Crippen molar-refractivity contribution < 1.29 is 14.6 Å². The molecule has 0 amide bonds. The van der Waals surface area contributed by atoms with E-state index in [1.54, 1.807) is 0 Å². The number of esters is 1. The summed E-state index contributed by atoms with van der Waals surface area (Å²) in [6.45, 7) is 6.19. The van der Waals surface area contributed by atoms with Crippen LogP contribution < -0.4 is 0 Å². The second-order valence-corrected chi connectivity index (χ2v) is 7.24. The van der Waals surface area contributed by atoms with Gasteiger partial charge in [-0.3, -0.25) is 4.79 Å². The van der Waals surface area contributed by atoms with Crippen molar-refractivity contribution in [2.24, 2.45) is 23.2 Å². The Morgan fingerprint density at radius 3 is 2.72 bits per heavy atom. The number of fused-ring (bicyclic) bond motifs is 3. The van der Waals surface area contributed by atoms with Gasteiger partial charge in [-0.25, -0.2) is 0 Å². The molecule has 1 heterocycles. The topological polar surface area (TPSA) is 46.5 Å². The van der Waals surface area contributed by atoms with E-state index >= 15 is 0 Å². The fourth-order valence-electron chi connectivity index (χ4n) is 4.96. The number of rotatable bonds is 0. The maximum atomic E-state index is 11.8. The van der Waals surface area contributed by atoms with Crippen LogP contribution in [-0.2, 0) is 9.53 Å². The highest BCUT2D eigenvalue weighted by atomic mass is 16.6. The molecule has 0 radical (unpaired) electrons. The van der Waals surface area contributed by atoms with Gasteiger partial charge in [-0.15, -0.1) is 0 Å². The van der Waals surface area contributed by atoms with E-state index in [0.29, 0.717) is 5.92 Å². The van der Waals surface area contributed by atoms with Gasteiger partial charge in [0.1, 0.15) is 6.10 Å². The van der Waals surface area contributed by atoms with Crippen LogP contribution in [0, 0.1) is 23.2 Å². The Kier molecular flexibility index (Phi) is 2.58. The van der Waals surface area contributed by atoms with Crippen molar-refractivity contribution in [2.45, 2.75) is 64.6 Å². The van der Waals surface area contributed by atoms with E-state index in [-0.39, 0.29) is 29.3 Å². The number of carbonyl (C=O) groups excluding carboxylic acids is 1. The Morgan fingerprint density at radius 2 is 2.00 bits per heavy atom. The molecule has 0 aromatic heterocycles. The third-order valence-electron chi connectivity index (χ3n) is 5.92. The van der Waals surface area contributed by atoms with Gasteiger partial charge >= 0.3 is 5.97 Å². The maximum Gasteiger partial charge on any atom is 0.309 e. The van der Waals surface area contributed by atoms with E-state index in [1.807, 2.05) is 13.8 Å². The van der Waals surface area contributed by atoms with E-state index in [1.165, 1.54) is 0 Å². The van der Waals surface area contributed by atoms with E-state index in [2.05, 4.69) is 6.92 Å². The highest BCUT2D eigenvalue weighted by Crippen LogP contribution is 2.58. The summed E-state index contributed by atoms with van der Waals surface area (Å²) in [7, 11) is 0. The molecule has 0 bridgehead atoms. The van der Waals surface area contributed by atoms with Crippen molar-refractivity contribution in [3.8, 4) is 0 Å². The lowest BCUT2D eigenvalue weighted by Crippen LogP contribution is -2.57. The summed E-state index contributed by atoms with van der Waals surface area (Å²) in [6.07, 6.45) is 5.21. The van der Waals surface area contributed by atoms with Gasteiger partial charge in [0.05, 0.1) is 11.5 Å². The molecule has 0 aromatic rings. The number of ether oxygens (including phenoxy) is 1. The van der Waals surface area contributed by atoms with Crippen molar-refractivity contribution in [1.29, 1.82) is 0 Å². The zero-order chi connectivity index (χ0) is 13.1. The summed E-state index contributed by atoms with van der Waals surface area (Å²) in [6, 6.07) is 0. The maximum absolute atomic E-state index is 11.8. The molecule has 0 aromatic carbocycles. The summed E-state index contributed by atoms with van der Waals surface area (Å²) in [4.78, 5) is 11.8. The van der Waals surface area contributed by atoms with Gasteiger partial charge in [0.15, 0.2) is 0 Å². The standard InChI is InChI=1S/C15H24O3/c1-9-10-5-8-14(2)6-4-7-15(3,17)12(14)11(10)18-13(9)16/h9-12,17H,4-8H2,1-3H3/t9-,10?,11-,12+,14+,15+/m0/s1. The summed E-state index contributed by atoms with van der Waals surface area (Å²) in [5.41, 5.74) is -0.534. The van der Waals surface area contributed by atoms with Gasteiger partial charge in [0.2, 0.25) is 0 Å². The number of hydrogen-bond donors (Lipinski definition) is 1. The molecule has 3 rings (SSSR count). The zero-order valence-corrected chi connectivity index (χ0v) is 11.6. The van der Waals surface area contributed by atoms with Crippen molar-refractivity contribution >= 4 is 5.97 Å². The number of aliphatic hydroxyl groups is 1. The molecule has 3 fully saturated rings. The lowest BCUT2D eigenvalue weighted by molar-refractivity contribution is -0.181. The van der Waals surface area contributed by atoms with Crippen molar-refractivity contribution in [3.63, 3.8) is 0 Å². The molecular weight excluding hydrogens is 228 g/mol. The lowest BCUT2D eigenvalue weighted by atomic mass is 9.52. The minimum absolute atomic E-state index is 0.0114. The van der Waals surface area contributed by atoms with Crippen molar-refractivity contribution in [2.75, 3.05) is 0 Å². The predicted molar refractivity (Wildman–Crippen MR) is 67.8 cm³/mol. The molecule has 6 atom stereocenters. The largest absolute Gasteiger partial charge is 0.461 e. The van der Waals surface area contributed by atoms with Crippen LogP contribution in [-0.4, -0.2) is 22.8 Å². The van der Waals surface area contributed by atoms with Gasteiger partial charge in [0.25, 0.3) is 0 Å².